The predicted molar refractivity (Wildman–Crippen MR) is 102 cm³/mol. The first-order valence-corrected chi connectivity index (χ1v) is 8.10. The molecule has 132 valence electrons. The number of nitrogens with zero attached hydrogens (tertiary/aromatic N) is 1. The van der Waals surface area contributed by atoms with Crippen LogP contribution in [0, 0.1) is 0 Å². The van der Waals surface area contributed by atoms with Crippen molar-refractivity contribution in [3.05, 3.63) is 47.7 Å². The molecule has 0 saturated carbocycles. The molecule has 0 heterocycles. The molecule has 0 radical (unpaired) electrons. The second-order valence-corrected chi connectivity index (χ2v) is 5.44. The Bertz CT molecular complexity index is 737. The first kappa shape index (κ1) is 18.6. The molecule has 1 aliphatic carbocycles. The number of benzene rings is 1. The van der Waals surface area contributed by atoms with Crippen molar-refractivity contribution in [1.82, 2.24) is 0 Å². The summed E-state index contributed by atoms with van der Waals surface area (Å²) < 4.78 is 0. The predicted octanol–water partition coefficient (Wildman–Crippen LogP) is 1.34. The van der Waals surface area contributed by atoms with Crippen molar-refractivity contribution in [2.45, 2.75) is 6.42 Å². The molecule has 0 saturated heterocycles. The zero-order valence-electron chi connectivity index (χ0n) is 14.0. The molecule has 7 heteroatoms. The summed E-state index contributed by atoms with van der Waals surface area (Å²) in [6.07, 6.45) is 4.41. The molecule has 0 bridgehead atoms. The van der Waals surface area contributed by atoms with Crippen LogP contribution in [0.2, 0.25) is 0 Å². The first-order valence-electron chi connectivity index (χ1n) is 8.10. The van der Waals surface area contributed by atoms with E-state index in [1.165, 1.54) is 12.4 Å². The second-order valence-electron chi connectivity index (χ2n) is 5.44. The average molecular weight is 341 g/mol. The lowest BCUT2D eigenvalue weighted by atomic mass is 9.83. The minimum atomic E-state index is -0.193. The van der Waals surface area contributed by atoms with Crippen molar-refractivity contribution in [2.75, 3.05) is 36.8 Å². The highest BCUT2D eigenvalue weighted by molar-refractivity contribution is 6.27. The lowest BCUT2D eigenvalue weighted by Gasteiger charge is -2.23. The molecular formula is C18H23N5O2. The molecular weight excluding hydrogens is 318 g/mol. The number of nitrogens with one attached hydrogen (secondary N) is 2. The van der Waals surface area contributed by atoms with Gasteiger partial charge in [0.2, 0.25) is 0 Å². The van der Waals surface area contributed by atoms with Crippen LogP contribution in [0.1, 0.15) is 27.1 Å². The van der Waals surface area contributed by atoms with E-state index in [1.54, 1.807) is 18.2 Å². The molecule has 1 aromatic rings. The van der Waals surface area contributed by atoms with Crippen LogP contribution in [0.4, 0.5) is 11.4 Å². The van der Waals surface area contributed by atoms with Gasteiger partial charge in [-0.25, -0.2) is 0 Å². The van der Waals surface area contributed by atoms with Gasteiger partial charge in [0, 0.05) is 62.0 Å². The van der Waals surface area contributed by atoms with Crippen LogP contribution >= 0.6 is 0 Å². The average Bonchev–Trinajstić information content (AvgIpc) is 2.62. The first-order chi connectivity index (χ1) is 12.1. The quantitative estimate of drug-likeness (QED) is 0.418. The zero-order chi connectivity index (χ0) is 18.2. The summed E-state index contributed by atoms with van der Waals surface area (Å²) in [5.41, 5.74) is 13.5. The van der Waals surface area contributed by atoms with Gasteiger partial charge >= 0.3 is 0 Å². The van der Waals surface area contributed by atoms with Gasteiger partial charge in [-0.1, -0.05) is 6.58 Å². The molecule has 0 atom stereocenters. The number of rotatable bonds is 8. The molecule has 0 spiro atoms. The van der Waals surface area contributed by atoms with Crippen molar-refractivity contribution in [3.8, 4) is 0 Å². The summed E-state index contributed by atoms with van der Waals surface area (Å²) in [5, 5.41) is 6.23. The fourth-order valence-corrected chi connectivity index (χ4v) is 2.67. The van der Waals surface area contributed by atoms with Crippen LogP contribution in [0.5, 0.6) is 0 Å². The van der Waals surface area contributed by atoms with Crippen molar-refractivity contribution in [3.63, 3.8) is 0 Å². The molecule has 2 rings (SSSR count). The molecule has 0 aliphatic heterocycles. The van der Waals surface area contributed by atoms with E-state index in [1.807, 2.05) is 0 Å². The molecule has 0 aromatic heterocycles. The molecule has 6 N–H and O–H groups in total. The smallest absolute Gasteiger partial charge is 0.192 e. The van der Waals surface area contributed by atoms with Gasteiger partial charge in [0.05, 0.1) is 11.1 Å². The van der Waals surface area contributed by atoms with Crippen molar-refractivity contribution in [1.29, 1.82) is 0 Å². The number of hydrogen-bond donors (Lipinski definition) is 4. The number of ketones is 2. The molecule has 0 fully saturated rings. The molecule has 0 unspecified atom stereocenters. The van der Waals surface area contributed by atoms with Gasteiger partial charge in [-0.2, -0.15) is 0 Å². The fourth-order valence-electron chi connectivity index (χ4n) is 2.67. The largest absolute Gasteiger partial charge is 0.383 e. The third-order valence-corrected chi connectivity index (χ3v) is 3.74. The van der Waals surface area contributed by atoms with Crippen LogP contribution in [-0.2, 0) is 0 Å². The van der Waals surface area contributed by atoms with Crippen molar-refractivity contribution >= 4 is 29.2 Å². The van der Waals surface area contributed by atoms with Gasteiger partial charge in [-0.15, -0.1) is 0 Å². The van der Waals surface area contributed by atoms with Gasteiger partial charge in [-0.3, -0.25) is 14.6 Å². The van der Waals surface area contributed by atoms with Crippen molar-refractivity contribution < 1.29 is 9.59 Å². The summed E-state index contributed by atoms with van der Waals surface area (Å²) in [4.78, 5) is 29.5. The third kappa shape index (κ3) is 4.20. The Labute approximate surface area is 146 Å². The van der Waals surface area contributed by atoms with E-state index in [-0.39, 0.29) is 18.0 Å². The van der Waals surface area contributed by atoms with E-state index >= 15 is 0 Å². The maximum atomic E-state index is 12.9. The summed E-state index contributed by atoms with van der Waals surface area (Å²) in [5.74, 6) is -0.315. The number of Topliss-reactive ketones (excluding diaryl/α,β-unsaturated/α-hetero) is 2. The monoisotopic (exact) mass is 341 g/mol. The summed E-state index contributed by atoms with van der Waals surface area (Å²) in [7, 11) is 0. The summed E-state index contributed by atoms with van der Waals surface area (Å²) in [6.45, 7) is 5.33. The lowest BCUT2D eigenvalue weighted by Crippen LogP contribution is -2.25. The van der Waals surface area contributed by atoms with E-state index in [2.05, 4.69) is 22.2 Å². The summed E-state index contributed by atoms with van der Waals surface area (Å²) >= 11 is 0. The van der Waals surface area contributed by atoms with Crippen LogP contribution in [0.15, 0.2) is 41.6 Å². The van der Waals surface area contributed by atoms with Gasteiger partial charge in [0.1, 0.15) is 0 Å². The molecule has 1 aromatic carbocycles. The van der Waals surface area contributed by atoms with Crippen LogP contribution in [0.3, 0.4) is 0 Å². The highest BCUT2D eigenvalue weighted by atomic mass is 16.1. The minimum absolute atomic E-state index is 0.0344. The maximum absolute atomic E-state index is 12.9. The molecule has 25 heavy (non-hydrogen) atoms. The Hall–Kier alpha value is -2.77. The van der Waals surface area contributed by atoms with E-state index < -0.39 is 0 Å². The van der Waals surface area contributed by atoms with E-state index in [4.69, 9.17) is 11.5 Å². The van der Waals surface area contributed by atoms with Crippen molar-refractivity contribution in [2.24, 2.45) is 16.5 Å². The Morgan fingerprint density at radius 1 is 1.08 bits per heavy atom. The van der Waals surface area contributed by atoms with E-state index in [0.29, 0.717) is 54.3 Å². The molecule has 1 aliphatic rings. The Morgan fingerprint density at radius 2 is 1.68 bits per heavy atom. The number of allylic oxidation sites excluding steroid dienone is 2. The summed E-state index contributed by atoms with van der Waals surface area (Å²) in [6, 6.07) is 3.56. The number of carbonyl (C=O) groups excluding carboxylic acids is 2. The highest BCUT2D eigenvalue weighted by Crippen LogP contribution is 2.35. The van der Waals surface area contributed by atoms with E-state index in [9.17, 15) is 9.59 Å². The lowest BCUT2D eigenvalue weighted by molar-refractivity contribution is 0.0937. The maximum Gasteiger partial charge on any atom is 0.192 e. The highest BCUT2D eigenvalue weighted by Gasteiger charge is 2.32. The number of hydrogen-bond acceptors (Lipinski definition) is 7. The van der Waals surface area contributed by atoms with Gasteiger partial charge in [0.15, 0.2) is 11.6 Å². The number of nitrogens with two attached hydrogens (primary N) is 2. The Morgan fingerprint density at radius 3 is 2.24 bits per heavy atom. The fraction of sp³-hybridized carbons (Fsp3) is 0.278. The minimum Gasteiger partial charge on any atom is -0.383 e. The number of anilines is 2. The Balaban J connectivity index is 2.54. The SMILES string of the molecule is C=CN=C/C=C1\CC(=O)c2c(NCCN)ccc(NCCN)c2C1=O. The Kier molecular flexibility index (Phi) is 6.62. The van der Waals surface area contributed by atoms with Gasteiger partial charge < -0.3 is 22.1 Å². The standard InChI is InChI=1S/C18H23N5O2/c1-2-21-8-5-12-11-15(24)16-13(22-9-6-19)3-4-14(23-10-7-20)17(16)18(12)25/h2-5,8,22-23H,1,6-7,9-11,19-20H2/b12-5+,21-8?. The third-order valence-electron chi connectivity index (χ3n) is 3.74. The number of fused-ring (bicyclic) bond motifs is 1. The molecule has 0 amide bonds. The topological polar surface area (TPSA) is 123 Å². The number of carbonyl (C=O) groups is 2. The van der Waals surface area contributed by atoms with Crippen LogP contribution in [-0.4, -0.2) is 44.0 Å². The number of aliphatic imine (C=N–C) groups is 1. The van der Waals surface area contributed by atoms with E-state index in [0.717, 1.165) is 0 Å². The van der Waals surface area contributed by atoms with Crippen LogP contribution in [0.25, 0.3) is 0 Å². The van der Waals surface area contributed by atoms with Gasteiger partial charge in [0.25, 0.3) is 0 Å². The van der Waals surface area contributed by atoms with Gasteiger partial charge in [-0.05, 0) is 18.2 Å². The zero-order valence-corrected chi connectivity index (χ0v) is 14.0. The second kappa shape index (κ2) is 8.91. The normalized spacial score (nSPS) is 15.5. The van der Waals surface area contributed by atoms with Crippen LogP contribution < -0.4 is 22.1 Å². The molecule has 7 nitrogen and oxygen atoms in total.